The van der Waals surface area contributed by atoms with Gasteiger partial charge in [0.2, 0.25) is 5.91 Å². The summed E-state index contributed by atoms with van der Waals surface area (Å²) in [6, 6.07) is 9.74. The maximum atomic E-state index is 13.6. The zero-order chi connectivity index (χ0) is 19.1. The highest BCUT2D eigenvalue weighted by molar-refractivity contribution is 5.92. The highest BCUT2D eigenvalue weighted by Gasteiger charge is 2.14. The fourth-order valence-electron chi connectivity index (χ4n) is 3.01. The normalized spacial score (nSPS) is 11.2. The zero-order valence-corrected chi connectivity index (χ0v) is 14.7. The van der Waals surface area contributed by atoms with Crippen LogP contribution in [-0.4, -0.2) is 25.1 Å². The molecule has 0 bridgehead atoms. The smallest absolute Gasteiger partial charge is 0.324 e. The number of nitrogens with zero attached hydrogens (tertiary/aromatic N) is 4. The van der Waals surface area contributed by atoms with Crippen molar-refractivity contribution in [2.75, 3.05) is 5.32 Å². The quantitative estimate of drug-likeness (QED) is 0.605. The van der Waals surface area contributed by atoms with E-state index in [-0.39, 0.29) is 18.1 Å². The Kier molecular flexibility index (Phi) is 3.95. The van der Waals surface area contributed by atoms with Gasteiger partial charge in [-0.1, -0.05) is 17.7 Å². The number of rotatable bonds is 3. The van der Waals surface area contributed by atoms with Crippen LogP contribution in [0.3, 0.4) is 0 Å². The van der Waals surface area contributed by atoms with Gasteiger partial charge in [0.25, 0.3) is 0 Å². The second-order valence-electron chi connectivity index (χ2n) is 6.41. The lowest BCUT2D eigenvalue weighted by Crippen LogP contribution is -2.28. The van der Waals surface area contributed by atoms with Gasteiger partial charge in [0.05, 0.1) is 5.52 Å². The largest absolute Gasteiger partial charge is 0.352 e. The van der Waals surface area contributed by atoms with E-state index in [1.54, 1.807) is 0 Å². The van der Waals surface area contributed by atoms with Crippen LogP contribution in [0.15, 0.2) is 47.5 Å². The van der Waals surface area contributed by atoms with Gasteiger partial charge < -0.3 is 5.32 Å². The average molecular weight is 365 g/mol. The number of benzene rings is 2. The van der Waals surface area contributed by atoms with Crippen molar-refractivity contribution in [1.82, 2.24) is 19.2 Å². The molecule has 0 aliphatic rings. The van der Waals surface area contributed by atoms with Gasteiger partial charge in [-0.25, -0.2) is 23.3 Å². The molecule has 7 nitrogen and oxygen atoms in total. The number of aryl methyl sites for hydroxylation is 2. The van der Waals surface area contributed by atoms with Crippen molar-refractivity contribution >= 4 is 28.1 Å². The molecule has 1 N–H and O–H groups in total. The first kappa shape index (κ1) is 16.9. The van der Waals surface area contributed by atoms with Gasteiger partial charge in [-0.15, -0.1) is 5.10 Å². The number of hydrogen-bond acceptors (Lipinski definition) is 4. The number of nitrogens with one attached hydrogen (secondary N) is 1. The monoisotopic (exact) mass is 365 g/mol. The molecule has 0 atom stereocenters. The van der Waals surface area contributed by atoms with Gasteiger partial charge >= 0.3 is 5.69 Å². The van der Waals surface area contributed by atoms with Crippen molar-refractivity contribution < 1.29 is 9.18 Å². The summed E-state index contributed by atoms with van der Waals surface area (Å²) in [7, 11) is 0. The molecule has 4 rings (SSSR count). The van der Waals surface area contributed by atoms with Crippen LogP contribution < -0.4 is 11.0 Å². The minimum atomic E-state index is -0.514. The predicted molar refractivity (Wildman–Crippen MR) is 99.3 cm³/mol. The third-order valence-corrected chi connectivity index (χ3v) is 4.33. The Labute approximate surface area is 153 Å². The van der Waals surface area contributed by atoms with Crippen LogP contribution in [0.4, 0.5) is 10.1 Å². The Morgan fingerprint density at radius 2 is 2.00 bits per heavy atom. The first-order valence-corrected chi connectivity index (χ1v) is 8.33. The molecular formula is C19H16FN5O2. The molecule has 1 amide bonds. The van der Waals surface area contributed by atoms with E-state index in [2.05, 4.69) is 15.4 Å². The Balaban J connectivity index is 1.68. The first-order chi connectivity index (χ1) is 12.9. The van der Waals surface area contributed by atoms with Crippen molar-refractivity contribution in [3.8, 4) is 0 Å². The van der Waals surface area contributed by atoms with Crippen LogP contribution in [0.25, 0.3) is 16.6 Å². The summed E-state index contributed by atoms with van der Waals surface area (Å²) in [5.74, 6) is -0.831. The third-order valence-electron chi connectivity index (χ3n) is 4.33. The standard InChI is InChI=1S/C19H16FN5O2/c1-11-3-5-15(12(2)7-11)22-17(26)9-25-19(27)24-10-21-16-6-4-13(20)8-14(16)18(24)23-25/h3-8,10H,9H2,1-2H3,(H,22,26). The average Bonchev–Trinajstić information content (AvgIpc) is 2.94. The topological polar surface area (TPSA) is 81.3 Å². The molecule has 0 aliphatic heterocycles. The van der Waals surface area contributed by atoms with Gasteiger partial charge in [0.15, 0.2) is 5.65 Å². The van der Waals surface area contributed by atoms with Crippen LogP contribution in [0.1, 0.15) is 11.1 Å². The Morgan fingerprint density at radius 3 is 2.78 bits per heavy atom. The lowest BCUT2D eigenvalue weighted by atomic mass is 10.1. The molecule has 0 radical (unpaired) electrons. The maximum Gasteiger partial charge on any atom is 0.352 e. The van der Waals surface area contributed by atoms with Crippen molar-refractivity contribution in [2.45, 2.75) is 20.4 Å². The fraction of sp³-hybridized carbons (Fsp3) is 0.158. The molecule has 0 aliphatic carbocycles. The molecule has 8 heteroatoms. The van der Waals surface area contributed by atoms with Gasteiger partial charge in [-0.3, -0.25) is 4.79 Å². The fourth-order valence-corrected chi connectivity index (χ4v) is 3.01. The number of amides is 1. The number of halogens is 1. The summed E-state index contributed by atoms with van der Waals surface area (Å²) >= 11 is 0. The van der Waals surface area contributed by atoms with E-state index in [0.29, 0.717) is 16.6 Å². The van der Waals surface area contributed by atoms with E-state index in [1.807, 2.05) is 32.0 Å². The minimum Gasteiger partial charge on any atom is -0.324 e. The SMILES string of the molecule is Cc1ccc(NC(=O)Cn2nc3c4cc(F)ccc4ncn3c2=O)c(C)c1. The van der Waals surface area contributed by atoms with Crippen molar-refractivity contribution in [2.24, 2.45) is 0 Å². The Bertz CT molecular complexity index is 1260. The Morgan fingerprint density at radius 1 is 1.19 bits per heavy atom. The number of fused-ring (bicyclic) bond motifs is 3. The summed E-state index contributed by atoms with van der Waals surface area (Å²) in [5, 5.41) is 7.39. The summed E-state index contributed by atoms with van der Waals surface area (Å²) in [4.78, 5) is 29.0. The van der Waals surface area contributed by atoms with Crippen molar-refractivity contribution in [3.05, 3.63) is 70.2 Å². The van der Waals surface area contributed by atoms with Crippen LogP contribution in [0.5, 0.6) is 0 Å². The van der Waals surface area contributed by atoms with Crippen molar-refractivity contribution in [3.63, 3.8) is 0 Å². The van der Waals surface area contributed by atoms with E-state index in [4.69, 9.17) is 0 Å². The first-order valence-electron chi connectivity index (χ1n) is 8.33. The molecule has 4 aromatic rings. The molecule has 0 saturated heterocycles. The molecule has 27 heavy (non-hydrogen) atoms. The lowest BCUT2D eigenvalue weighted by molar-refractivity contribution is -0.117. The lowest BCUT2D eigenvalue weighted by Gasteiger charge is -2.08. The maximum absolute atomic E-state index is 13.6. The molecule has 0 fully saturated rings. The Hall–Kier alpha value is -3.55. The molecule has 0 saturated carbocycles. The van der Waals surface area contributed by atoms with E-state index >= 15 is 0 Å². The molecule has 136 valence electrons. The number of aromatic nitrogens is 4. The molecule has 2 aromatic carbocycles. The molecule has 2 heterocycles. The van der Waals surface area contributed by atoms with Gasteiger partial charge in [0, 0.05) is 11.1 Å². The van der Waals surface area contributed by atoms with E-state index in [0.717, 1.165) is 15.8 Å². The molecule has 0 unspecified atom stereocenters. The van der Waals surface area contributed by atoms with Crippen LogP contribution in [-0.2, 0) is 11.3 Å². The van der Waals surface area contributed by atoms with E-state index in [1.165, 1.54) is 28.9 Å². The van der Waals surface area contributed by atoms with E-state index < -0.39 is 11.5 Å². The number of carbonyl (C=O) groups is 1. The number of hydrogen-bond donors (Lipinski definition) is 1. The highest BCUT2D eigenvalue weighted by atomic mass is 19.1. The van der Waals surface area contributed by atoms with E-state index in [9.17, 15) is 14.0 Å². The van der Waals surface area contributed by atoms with Crippen LogP contribution in [0.2, 0.25) is 0 Å². The predicted octanol–water partition coefficient (Wildman–Crippen LogP) is 2.44. The second kappa shape index (κ2) is 6.31. The van der Waals surface area contributed by atoms with Crippen LogP contribution >= 0.6 is 0 Å². The van der Waals surface area contributed by atoms with Gasteiger partial charge in [0.1, 0.15) is 18.7 Å². The highest BCUT2D eigenvalue weighted by Crippen LogP contribution is 2.17. The van der Waals surface area contributed by atoms with Gasteiger partial charge in [-0.05, 0) is 43.7 Å². The minimum absolute atomic E-state index is 0.254. The summed E-state index contributed by atoms with van der Waals surface area (Å²) in [5.41, 5.74) is 2.95. The second-order valence-corrected chi connectivity index (χ2v) is 6.41. The zero-order valence-electron chi connectivity index (χ0n) is 14.7. The molecule has 2 aromatic heterocycles. The molecular weight excluding hydrogens is 349 g/mol. The molecule has 0 spiro atoms. The number of anilines is 1. The van der Waals surface area contributed by atoms with Crippen molar-refractivity contribution in [1.29, 1.82) is 0 Å². The number of carbonyl (C=O) groups excluding carboxylic acids is 1. The van der Waals surface area contributed by atoms with Gasteiger partial charge in [-0.2, -0.15) is 0 Å². The van der Waals surface area contributed by atoms with Crippen LogP contribution in [0, 0.1) is 19.7 Å². The summed E-state index contributed by atoms with van der Waals surface area (Å²) in [6.07, 6.45) is 1.32. The summed E-state index contributed by atoms with van der Waals surface area (Å²) < 4.78 is 15.8. The summed E-state index contributed by atoms with van der Waals surface area (Å²) in [6.45, 7) is 3.60. The third kappa shape index (κ3) is 3.05.